The Morgan fingerprint density at radius 2 is 2.26 bits per heavy atom. The van der Waals surface area contributed by atoms with Crippen LogP contribution in [0.3, 0.4) is 0 Å². The smallest absolute Gasteiger partial charge is 0.231 e. The lowest BCUT2D eigenvalue weighted by Crippen LogP contribution is -3.12. The number of rotatable bonds is 5. The van der Waals surface area contributed by atoms with Gasteiger partial charge in [0.2, 0.25) is 5.91 Å². The molecule has 1 fully saturated rings. The second-order valence-corrected chi connectivity index (χ2v) is 5.31. The first-order valence-corrected chi connectivity index (χ1v) is 7.39. The van der Waals surface area contributed by atoms with Crippen molar-refractivity contribution in [3.63, 3.8) is 0 Å². The van der Waals surface area contributed by atoms with Gasteiger partial charge in [-0.25, -0.2) is 0 Å². The van der Waals surface area contributed by atoms with Crippen LogP contribution in [0.5, 0.6) is 0 Å². The summed E-state index contributed by atoms with van der Waals surface area (Å²) < 4.78 is 5.41. The van der Waals surface area contributed by atoms with E-state index in [2.05, 4.69) is 13.8 Å². The molecule has 0 radical (unpaired) electrons. The van der Waals surface area contributed by atoms with Gasteiger partial charge in [-0.1, -0.05) is 0 Å². The van der Waals surface area contributed by atoms with E-state index in [9.17, 15) is 4.79 Å². The topological polar surface area (TPSA) is 37.9 Å². The third kappa shape index (κ3) is 3.60. The van der Waals surface area contributed by atoms with Crippen molar-refractivity contribution in [2.24, 2.45) is 5.92 Å². The number of hydrogen-bond acceptors (Lipinski definition) is 2. The molecule has 1 unspecified atom stereocenters. The van der Waals surface area contributed by atoms with Crippen LogP contribution in [0.25, 0.3) is 0 Å². The highest BCUT2D eigenvalue weighted by Gasteiger charge is 2.31. The summed E-state index contributed by atoms with van der Waals surface area (Å²) in [6.07, 6.45) is 3.89. The Kier molecular flexibility index (Phi) is 5.02. The molecule has 0 aliphatic carbocycles. The van der Waals surface area contributed by atoms with Gasteiger partial charge >= 0.3 is 0 Å². The van der Waals surface area contributed by atoms with Crippen molar-refractivity contribution in [1.29, 1.82) is 0 Å². The zero-order chi connectivity index (χ0) is 13.7. The molecule has 1 saturated heterocycles. The summed E-state index contributed by atoms with van der Waals surface area (Å²) in [7, 11) is 0. The van der Waals surface area contributed by atoms with Crippen LogP contribution in [0, 0.1) is 5.92 Å². The number of likely N-dealkylation sites (tertiary alicyclic amines) is 1. The number of furan rings is 1. The molecular formula is C15H25N2O2+. The Morgan fingerprint density at radius 1 is 1.47 bits per heavy atom. The average molecular weight is 265 g/mol. The molecule has 1 aliphatic heterocycles. The van der Waals surface area contributed by atoms with E-state index in [1.165, 1.54) is 4.90 Å². The fraction of sp³-hybridized carbons (Fsp3) is 0.667. The zero-order valence-corrected chi connectivity index (χ0v) is 12.0. The SMILES string of the molecule is CCN(CC)C(=O)[C@H]1CCC[NH+](Cc2ccco2)C1. The molecule has 0 spiro atoms. The largest absolute Gasteiger partial charge is 0.463 e. The highest BCUT2D eigenvalue weighted by Crippen LogP contribution is 2.12. The Bertz CT molecular complexity index is 385. The standard InChI is InChI=1S/C15H24N2O2/c1-3-17(4-2)15(18)13-7-5-9-16(11-13)12-14-8-6-10-19-14/h6,8,10,13H,3-5,7,9,11-12H2,1-2H3/p+1/t13-/m0/s1. The van der Waals surface area contributed by atoms with Crippen LogP contribution in [-0.2, 0) is 11.3 Å². The first-order chi connectivity index (χ1) is 9.24. The maximum atomic E-state index is 12.4. The summed E-state index contributed by atoms with van der Waals surface area (Å²) in [6.45, 7) is 8.72. The minimum atomic E-state index is 0.193. The van der Waals surface area contributed by atoms with Crippen LogP contribution in [0.1, 0.15) is 32.4 Å². The molecule has 0 bridgehead atoms. The van der Waals surface area contributed by atoms with Gasteiger partial charge in [-0.05, 0) is 38.8 Å². The van der Waals surface area contributed by atoms with Crippen molar-refractivity contribution in [3.8, 4) is 0 Å². The van der Waals surface area contributed by atoms with Crippen LogP contribution >= 0.6 is 0 Å². The molecule has 2 rings (SSSR count). The number of amides is 1. The third-order valence-corrected chi connectivity index (χ3v) is 4.05. The fourth-order valence-corrected chi connectivity index (χ4v) is 2.98. The number of quaternary nitrogens is 1. The van der Waals surface area contributed by atoms with Crippen LogP contribution in [-0.4, -0.2) is 37.0 Å². The van der Waals surface area contributed by atoms with Gasteiger partial charge in [0, 0.05) is 13.1 Å². The Labute approximate surface area is 115 Å². The Balaban J connectivity index is 1.91. The van der Waals surface area contributed by atoms with Crippen LogP contribution in [0.15, 0.2) is 22.8 Å². The quantitative estimate of drug-likeness (QED) is 0.860. The summed E-state index contributed by atoms with van der Waals surface area (Å²) in [5, 5.41) is 0. The van der Waals surface area contributed by atoms with E-state index in [4.69, 9.17) is 4.42 Å². The van der Waals surface area contributed by atoms with Crippen molar-refractivity contribution in [2.75, 3.05) is 26.2 Å². The Hall–Kier alpha value is -1.29. The van der Waals surface area contributed by atoms with Gasteiger partial charge in [0.25, 0.3) is 0 Å². The van der Waals surface area contributed by atoms with Crippen LogP contribution in [0.2, 0.25) is 0 Å². The number of nitrogens with one attached hydrogen (secondary N) is 1. The number of carbonyl (C=O) groups is 1. The van der Waals surface area contributed by atoms with Gasteiger partial charge < -0.3 is 14.2 Å². The van der Waals surface area contributed by atoms with Gasteiger partial charge in [-0.15, -0.1) is 0 Å². The molecule has 4 nitrogen and oxygen atoms in total. The molecule has 1 amide bonds. The van der Waals surface area contributed by atoms with Crippen molar-refractivity contribution >= 4 is 5.91 Å². The second-order valence-electron chi connectivity index (χ2n) is 5.31. The van der Waals surface area contributed by atoms with Crippen molar-refractivity contribution in [3.05, 3.63) is 24.2 Å². The first kappa shape index (κ1) is 14.1. The molecule has 19 heavy (non-hydrogen) atoms. The Morgan fingerprint density at radius 3 is 2.89 bits per heavy atom. The van der Waals surface area contributed by atoms with Gasteiger partial charge in [0.1, 0.15) is 6.54 Å². The maximum Gasteiger partial charge on any atom is 0.231 e. The highest BCUT2D eigenvalue weighted by atomic mass is 16.3. The zero-order valence-electron chi connectivity index (χ0n) is 12.0. The molecule has 0 aromatic carbocycles. The lowest BCUT2D eigenvalue weighted by molar-refractivity contribution is -0.922. The molecule has 2 atom stereocenters. The van der Waals surface area contributed by atoms with E-state index in [0.717, 1.165) is 51.3 Å². The third-order valence-electron chi connectivity index (χ3n) is 4.05. The predicted molar refractivity (Wildman–Crippen MR) is 73.8 cm³/mol. The van der Waals surface area contributed by atoms with Crippen LogP contribution < -0.4 is 4.90 Å². The first-order valence-electron chi connectivity index (χ1n) is 7.39. The lowest BCUT2D eigenvalue weighted by atomic mass is 9.96. The van der Waals surface area contributed by atoms with E-state index >= 15 is 0 Å². The predicted octanol–water partition coefficient (Wildman–Crippen LogP) is 0.943. The van der Waals surface area contributed by atoms with Gasteiger partial charge in [-0.3, -0.25) is 4.79 Å². The van der Waals surface area contributed by atoms with E-state index in [0.29, 0.717) is 5.91 Å². The van der Waals surface area contributed by atoms with Gasteiger partial charge in [-0.2, -0.15) is 0 Å². The molecule has 2 heterocycles. The monoisotopic (exact) mass is 265 g/mol. The van der Waals surface area contributed by atoms with Gasteiger partial charge in [0.05, 0.1) is 25.3 Å². The molecule has 1 aromatic heterocycles. The number of carbonyl (C=O) groups excluding carboxylic acids is 1. The molecule has 1 aromatic rings. The van der Waals surface area contributed by atoms with Gasteiger partial charge in [0.15, 0.2) is 5.76 Å². The van der Waals surface area contributed by atoms with Crippen molar-refractivity contribution in [2.45, 2.75) is 33.2 Å². The molecule has 106 valence electrons. The number of piperidine rings is 1. The summed E-state index contributed by atoms with van der Waals surface area (Å²) in [5.41, 5.74) is 0. The molecule has 4 heteroatoms. The highest BCUT2D eigenvalue weighted by molar-refractivity contribution is 5.78. The van der Waals surface area contributed by atoms with E-state index in [1.807, 2.05) is 17.0 Å². The average Bonchev–Trinajstić information content (AvgIpc) is 2.93. The summed E-state index contributed by atoms with van der Waals surface area (Å²) in [5.74, 6) is 1.55. The second kappa shape index (κ2) is 6.75. The van der Waals surface area contributed by atoms with E-state index in [1.54, 1.807) is 6.26 Å². The normalized spacial score (nSPS) is 23.3. The summed E-state index contributed by atoms with van der Waals surface area (Å²) in [4.78, 5) is 15.8. The fourth-order valence-electron chi connectivity index (χ4n) is 2.98. The number of nitrogens with zero attached hydrogens (tertiary/aromatic N) is 1. The maximum absolute atomic E-state index is 12.4. The minimum absolute atomic E-state index is 0.193. The lowest BCUT2D eigenvalue weighted by Gasteiger charge is -2.31. The molecule has 0 saturated carbocycles. The van der Waals surface area contributed by atoms with E-state index in [-0.39, 0.29) is 5.92 Å². The van der Waals surface area contributed by atoms with Crippen LogP contribution in [0.4, 0.5) is 0 Å². The summed E-state index contributed by atoms with van der Waals surface area (Å²) in [6, 6.07) is 3.94. The minimum Gasteiger partial charge on any atom is -0.463 e. The van der Waals surface area contributed by atoms with Crippen molar-refractivity contribution < 1.29 is 14.1 Å². The molecular weight excluding hydrogens is 240 g/mol. The summed E-state index contributed by atoms with van der Waals surface area (Å²) >= 11 is 0. The number of hydrogen-bond donors (Lipinski definition) is 1. The van der Waals surface area contributed by atoms with E-state index < -0.39 is 0 Å². The molecule has 1 N–H and O–H groups in total. The molecule has 1 aliphatic rings. The van der Waals surface area contributed by atoms with Crippen molar-refractivity contribution in [1.82, 2.24) is 4.90 Å².